The first-order valence-electron chi connectivity index (χ1n) is 6.55. The molecule has 0 saturated carbocycles. The van der Waals surface area contributed by atoms with Gasteiger partial charge in [-0.25, -0.2) is 0 Å². The Morgan fingerprint density at radius 2 is 2.06 bits per heavy atom. The molecule has 0 fully saturated rings. The highest BCUT2D eigenvalue weighted by atomic mass is 16.5. The van der Waals surface area contributed by atoms with Gasteiger partial charge >= 0.3 is 0 Å². The first-order chi connectivity index (χ1) is 8.56. The zero-order valence-corrected chi connectivity index (χ0v) is 12.3. The molecule has 0 radical (unpaired) electrons. The van der Waals surface area contributed by atoms with Gasteiger partial charge in [-0.3, -0.25) is 0 Å². The molecular formula is C15H26N2O. The predicted molar refractivity (Wildman–Crippen MR) is 76.9 cm³/mol. The average molecular weight is 250 g/mol. The summed E-state index contributed by atoms with van der Waals surface area (Å²) in [4.78, 5) is 2.34. The normalized spacial score (nSPS) is 11.3. The first kappa shape index (κ1) is 15.0. The number of nitrogens with one attached hydrogen (secondary N) is 1. The number of rotatable bonds is 7. The molecule has 1 rings (SSSR count). The molecule has 3 nitrogen and oxygen atoms in total. The largest absolute Gasteiger partial charge is 0.496 e. The summed E-state index contributed by atoms with van der Waals surface area (Å²) < 4.78 is 5.44. The van der Waals surface area contributed by atoms with Crippen LogP contribution in [0.5, 0.6) is 5.75 Å². The fourth-order valence-electron chi connectivity index (χ4n) is 2.25. The van der Waals surface area contributed by atoms with Crippen molar-refractivity contribution in [2.75, 3.05) is 27.7 Å². The lowest BCUT2D eigenvalue weighted by atomic mass is 10.1. The van der Waals surface area contributed by atoms with Crippen molar-refractivity contribution in [1.29, 1.82) is 0 Å². The maximum absolute atomic E-state index is 5.44. The van der Waals surface area contributed by atoms with E-state index in [1.165, 1.54) is 11.1 Å². The van der Waals surface area contributed by atoms with E-state index in [-0.39, 0.29) is 0 Å². The minimum Gasteiger partial charge on any atom is -0.496 e. The van der Waals surface area contributed by atoms with E-state index >= 15 is 0 Å². The van der Waals surface area contributed by atoms with Gasteiger partial charge in [0.05, 0.1) is 7.11 Å². The number of hydrogen-bond acceptors (Lipinski definition) is 3. The van der Waals surface area contributed by atoms with Gasteiger partial charge < -0.3 is 15.0 Å². The summed E-state index contributed by atoms with van der Waals surface area (Å²) in [6, 6.07) is 6.40. The van der Waals surface area contributed by atoms with Crippen LogP contribution in [-0.2, 0) is 13.1 Å². The van der Waals surface area contributed by atoms with Crippen molar-refractivity contribution in [1.82, 2.24) is 10.2 Å². The van der Waals surface area contributed by atoms with Gasteiger partial charge in [0.15, 0.2) is 0 Å². The van der Waals surface area contributed by atoms with Crippen LogP contribution in [0.1, 0.15) is 25.0 Å². The lowest BCUT2D eigenvalue weighted by Gasteiger charge is -2.20. The van der Waals surface area contributed by atoms with Crippen LogP contribution < -0.4 is 10.1 Å². The van der Waals surface area contributed by atoms with Crippen LogP contribution in [0.3, 0.4) is 0 Å². The molecule has 0 amide bonds. The van der Waals surface area contributed by atoms with Gasteiger partial charge in [-0.05, 0) is 37.7 Å². The van der Waals surface area contributed by atoms with Gasteiger partial charge in [0.2, 0.25) is 0 Å². The Kier molecular flexibility index (Phi) is 6.16. The van der Waals surface area contributed by atoms with Crippen LogP contribution >= 0.6 is 0 Å². The Morgan fingerprint density at radius 1 is 1.33 bits per heavy atom. The molecule has 18 heavy (non-hydrogen) atoms. The minimum atomic E-state index is 0.682. The molecule has 0 unspecified atom stereocenters. The van der Waals surface area contributed by atoms with E-state index < -0.39 is 0 Å². The molecule has 0 spiro atoms. The number of methoxy groups -OCH3 is 1. The Balaban J connectivity index is 2.80. The summed E-state index contributed by atoms with van der Waals surface area (Å²) in [5.74, 6) is 1.66. The zero-order chi connectivity index (χ0) is 13.5. The molecular weight excluding hydrogens is 224 g/mol. The van der Waals surface area contributed by atoms with E-state index in [1.807, 2.05) is 7.05 Å². The fourth-order valence-corrected chi connectivity index (χ4v) is 2.25. The Hall–Kier alpha value is -1.06. The topological polar surface area (TPSA) is 24.5 Å². The van der Waals surface area contributed by atoms with Gasteiger partial charge in [-0.2, -0.15) is 0 Å². The Morgan fingerprint density at radius 3 is 2.61 bits per heavy atom. The van der Waals surface area contributed by atoms with E-state index in [0.717, 1.165) is 25.4 Å². The molecule has 0 aliphatic heterocycles. The SMILES string of the molecule is CNCc1ccc(OC)c(CN(C)CC(C)C)c1. The van der Waals surface area contributed by atoms with E-state index in [4.69, 9.17) is 4.74 Å². The molecule has 0 aromatic heterocycles. The quantitative estimate of drug-likeness (QED) is 0.804. The van der Waals surface area contributed by atoms with Gasteiger partial charge in [0.25, 0.3) is 0 Å². The summed E-state index contributed by atoms with van der Waals surface area (Å²) in [6.45, 7) is 7.40. The number of benzene rings is 1. The molecule has 3 heteroatoms. The first-order valence-corrected chi connectivity index (χ1v) is 6.55. The molecule has 0 atom stereocenters. The van der Waals surface area contributed by atoms with Crippen LogP contribution in [0.25, 0.3) is 0 Å². The second-order valence-corrected chi connectivity index (χ2v) is 5.27. The maximum Gasteiger partial charge on any atom is 0.123 e. The zero-order valence-electron chi connectivity index (χ0n) is 12.3. The van der Waals surface area contributed by atoms with Crippen LogP contribution in [-0.4, -0.2) is 32.6 Å². The van der Waals surface area contributed by atoms with Crippen molar-refractivity contribution in [3.63, 3.8) is 0 Å². The fraction of sp³-hybridized carbons (Fsp3) is 0.600. The maximum atomic E-state index is 5.44. The van der Waals surface area contributed by atoms with Gasteiger partial charge in [-0.1, -0.05) is 19.9 Å². The highest BCUT2D eigenvalue weighted by Gasteiger charge is 2.08. The molecule has 0 aliphatic carbocycles. The standard InChI is InChI=1S/C15H26N2O/c1-12(2)10-17(4)11-14-8-13(9-16-3)6-7-15(14)18-5/h6-8,12,16H,9-11H2,1-5H3. The van der Waals surface area contributed by atoms with Crippen LogP contribution in [0, 0.1) is 5.92 Å². The van der Waals surface area contributed by atoms with Crippen molar-refractivity contribution < 1.29 is 4.74 Å². The van der Waals surface area contributed by atoms with E-state index in [2.05, 4.69) is 49.3 Å². The van der Waals surface area contributed by atoms with Crippen molar-refractivity contribution in [3.8, 4) is 5.75 Å². The van der Waals surface area contributed by atoms with Gasteiger partial charge in [0, 0.05) is 25.2 Å². The molecule has 1 aromatic carbocycles. The summed E-state index contributed by atoms with van der Waals surface area (Å²) >= 11 is 0. The summed E-state index contributed by atoms with van der Waals surface area (Å²) in [7, 11) is 5.86. The molecule has 0 aliphatic rings. The molecule has 0 bridgehead atoms. The molecule has 1 N–H and O–H groups in total. The van der Waals surface area contributed by atoms with Crippen molar-refractivity contribution in [2.45, 2.75) is 26.9 Å². The second kappa shape index (κ2) is 7.39. The summed E-state index contributed by atoms with van der Waals surface area (Å²) in [5.41, 5.74) is 2.56. The lowest BCUT2D eigenvalue weighted by Crippen LogP contribution is -2.23. The number of ether oxygens (including phenoxy) is 1. The van der Waals surface area contributed by atoms with Crippen molar-refractivity contribution in [3.05, 3.63) is 29.3 Å². The Labute approximate surface area is 111 Å². The third-order valence-corrected chi connectivity index (χ3v) is 2.84. The third kappa shape index (κ3) is 4.67. The van der Waals surface area contributed by atoms with Crippen LogP contribution in [0.2, 0.25) is 0 Å². The van der Waals surface area contributed by atoms with E-state index in [9.17, 15) is 0 Å². The highest BCUT2D eigenvalue weighted by molar-refractivity contribution is 5.37. The van der Waals surface area contributed by atoms with Crippen LogP contribution in [0.15, 0.2) is 18.2 Å². The smallest absolute Gasteiger partial charge is 0.123 e. The number of nitrogens with zero attached hydrogens (tertiary/aromatic N) is 1. The lowest BCUT2D eigenvalue weighted by molar-refractivity contribution is 0.283. The average Bonchev–Trinajstić information content (AvgIpc) is 2.28. The monoisotopic (exact) mass is 250 g/mol. The van der Waals surface area contributed by atoms with Crippen molar-refractivity contribution >= 4 is 0 Å². The Bertz CT molecular complexity index is 364. The highest BCUT2D eigenvalue weighted by Crippen LogP contribution is 2.21. The molecule has 0 saturated heterocycles. The number of hydrogen-bond donors (Lipinski definition) is 1. The predicted octanol–water partition coefficient (Wildman–Crippen LogP) is 2.50. The van der Waals surface area contributed by atoms with Gasteiger partial charge in [0.1, 0.15) is 5.75 Å². The summed E-state index contributed by atoms with van der Waals surface area (Å²) in [6.07, 6.45) is 0. The van der Waals surface area contributed by atoms with Gasteiger partial charge in [-0.15, -0.1) is 0 Å². The molecule has 1 aromatic rings. The summed E-state index contributed by atoms with van der Waals surface area (Å²) in [5, 5.41) is 3.18. The van der Waals surface area contributed by atoms with Crippen molar-refractivity contribution in [2.24, 2.45) is 5.92 Å². The third-order valence-electron chi connectivity index (χ3n) is 2.84. The van der Waals surface area contributed by atoms with E-state index in [1.54, 1.807) is 7.11 Å². The van der Waals surface area contributed by atoms with E-state index in [0.29, 0.717) is 5.92 Å². The molecule has 0 heterocycles. The second-order valence-electron chi connectivity index (χ2n) is 5.27. The molecule has 102 valence electrons. The minimum absolute atomic E-state index is 0.682. The van der Waals surface area contributed by atoms with Crippen LogP contribution in [0.4, 0.5) is 0 Å².